The smallest absolute Gasteiger partial charge is 0.120 e. The molecule has 0 saturated heterocycles. The molecule has 0 aromatic heterocycles. The normalized spacial score (nSPS) is 13.0. The first kappa shape index (κ1) is 14.5. The molecule has 0 spiro atoms. The molecule has 0 aliphatic carbocycles. The molecule has 1 aromatic carbocycles. The molecule has 96 valence electrons. The Labute approximate surface area is 111 Å². The number of halogens is 1. The van der Waals surface area contributed by atoms with Crippen LogP contribution < -0.4 is 5.32 Å². The van der Waals surface area contributed by atoms with Crippen LogP contribution in [0.4, 0.5) is 0 Å². The Morgan fingerprint density at radius 1 is 1.35 bits per heavy atom. The lowest BCUT2D eigenvalue weighted by atomic mass is 10.0. The predicted molar refractivity (Wildman–Crippen MR) is 73.0 cm³/mol. The molecule has 0 aliphatic rings. The van der Waals surface area contributed by atoms with Gasteiger partial charge in [-0.15, -0.1) is 0 Å². The highest BCUT2D eigenvalue weighted by Gasteiger charge is 2.08. The van der Waals surface area contributed by atoms with Crippen LogP contribution in [-0.2, 0) is 6.54 Å². The van der Waals surface area contributed by atoms with Crippen molar-refractivity contribution in [1.82, 2.24) is 5.32 Å². The second kappa shape index (κ2) is 6.99. The average molecular weight is 302 g/mol. The number of aromatic hydroxyl groups is 1. The fourth-order valence-corrected chi connectivity index (χ4v) is 1.91. The van der Waals surface area contributed by atoms with E-state index in [0.29, 0.717) is 12.3 Å². The standard InChI is InChI=1S/C13H20BrNO2/c1-9(2)12(16)5-6-15-8-10-7-11(14)3-4-13(10)17/h3-4,7,9,12,15-17H,5-6,8H2,1-2H3. The van der Waals surface area contributed by atoms with Gasteiger partial charge in [-0.3, -0.25) is 0 Å². The number of phenolic OH excluding ortho intramolecular Hbond substituents is 1. The maximum Gasteiger partial charge on any atom is 0.120 e. The number of aliphatic hydroxyl groups is 1. The van der Waals surface area contributed by atoms with Crippen LogP contribution in [0.15, 0.2) is 22.7 Å². The summed E-state index contributed by atoms with van der Waals surface area (Å²) in [5.41, 5.74) is 0.860. The van der Waals surface area contributed by atoms with Gasteiger partial charge in [0.1, 0.15) is 5.75 Å². The molecule has 0 amide bonds. The molecule has 1 atom stereocenters. The number of nitrogens with one attached hydrogen (secondary N) is 1. The van der Waals surface area contributed by atoms with Crippen molar-refractivity contribution in [2.45, 2.75) is 32.9 Å². The number of aliphatic hydroxyl groups excluding tert-OH is 1. The van der Waals surface area contributed by atoms with Crippen molar-refractivity contribution in [2.75, 3.05) is 6.54 Å². The fraction of sp³-hybridized carbons (Fsp3) is 0.538. The third-order valence-electron chi connectivity index (χ3n) is 2.74. The first-order chi connectivity index (χ1) is 8.00. The first-order valence-electron chi connectivity index (χ1n) is 5.87. The Morgan fingerprint density at radius 2 is 2.06 bits per heavy atom. The van der Waals surface area contributed by atoms with E-state index < -0.39 is 0 Å². The highest BCUT2D eigenvalue weighted by atomic mass is 79.9. The van der Waals surface area contributed by atoms with E-state index in [1.807, 2.05) is 19.9 Å². The van der Waals surface area contributed by atoms with Crippen LogP contribution in [0.25, 0.3) is 0 Å². The maximum atomic E-state index is 9.63. The SMILES string of the molecule is CC(C)C(O)CCNCc1cc(Br)ccc1O. The van der Waals surface area contributed by atoms with Crippen molar-refractivity contribution in [3.63, 3.8) is 0 Å². The van der Waals surface area contributed by atoms with Gasteiger partial charge in [0.2, 0.25) is 0 Å². The summed E-state index contributed by atoms with van der Waals surface area (Å²) < 4.78 is 0.953. The van der Waals surface area contributed by atoms with Gasteiger partial charge in [0, 0.05) is 16.6 Å². The minimum atomic E-state index is -0.265. The molecular weight excluding hydrogens is 282 g/mol. The minimum absolute atomic E-state index is 0.265. The van der Waals surface area contributed by atoms with Gasteiger partial charge in [-0.25, -0.2) is 0 Å². The van der Waals surface area contributed by atoms with E-state index in [1.165, 1.54) is 0 Å². The van der Waals surface area contributed by atoms with Crippen LogP contribution >= 0.6 is 15.9 Å². The number of phenols is 1. The van der Waals surface area contributed by atoms with Crippen molar-refractivity contribution in [1.29, 1.82) is 0 Å². The van der Waals surface area contributed by atoms with Crippen LogP contribution in [0, 0.1) is 5.92 Å². The molecule has 0 heterocycles. The molecule has 4 heteroatoms. The zero-order chi connectivity index (χ0) is 12.8. The van der Waals surface area contributed by atoms with E-state index >= 15 is 0 Å². The minimum Gasteiger partial charge on any atom is -0.508 e. The summed E-state index contributed by atoms with van der Waals surface area (Å²) in [5, 5.41) is 22.5. The van der Waals surface area contributed by atoms with Gasteiger partial charge in [0.05, 0.1) is 6.10 Å². The number of rotatable bonds is 6. The number of benzene rings is 1. The Hall–Kier alpha value is -0.580. The molecule has 1 unspecified atom stereocenters. The second-order valence-corrected chi connectivity index (χ2v) is 5.47. The number of hydrogen-bond donors (Lipinski definition) is 3. The van der Waals surface area contributed by atoms with Crippen LogP contribution in [0.2, 0.25) is 0 Å². The van der Waals surface area contributed by atoms with Gasteiger partial charge >= 0.3 is 0 Å². The molecule has 3 nitrogen and oxygen atoms in total. The molecule has 0 aliphatic heterocycles. The molecule has 1 rings (SSSR count). The molecule has 3 N–H and O–H groups in total. The Kier molecular flexibility index (Phi) is 5.95. The summed E-state index contributed by atoms with van der Waals surface area (Å²) >= 11 is 3.37. The van der Waals surface area contributed by atoms with Crippen LogP contribution in [0.3, 0.4) is 0 Å². The fourth-order valence-electron chi connectivity index (χ4n) is 1.50. The summed E-state index contributed by atoms with van der Waals surface area (Å²) in [5.74, 6) is 0.584. The summed E-state index contributed by atoms with van der Waals surface area (Å²) in [6.07, 6.45) is 0.463. The summed E-state index contributed by atoms with van der Waals surface area (Å²) in [7, 11) is 0. The monoisotopic (exact) mass is 301 g/mol. The van der Waals surface area contributed by atoms with E-state index in [4.69, 9.17) is 0 Å². The molecular formula is C13H20BrNO2. The molecule has 0 bridgehead atoms. The second-order valence-electron chi connectivity index (χ2n) is 4.55. The lowest BCUT2D eigenvalue weighted by molar-refractivity contribution is 0.116. The third-order valence-corrected chi connectivity index (χ3v) is 3.24. The summed E-state index contributed by atoms with van der Waals surface area (Å²) in [4.78, 5) is 0. The highest BCUT2D eigenvalue weighted by Crippen LogP contribution is 2.21. The van der Waals surface area contributed by atoms with Crippen molar-refractivity contribution >= 4 is 15.9 Å². The van der Waals surface area contributed by atoms with Gasteiger partial charge in [0.25, 0.3) is 0 Å². The first-order valence-corrected chi connectivity index (χ1v) is 6.66. The van der Waals surface area contributed by atoms with Crippen LogP contribution in [0.5, 0.6) is 5.75 Å². The average Bonchev–Trinajstić information content (AvgIpc) is 2.28. The largest absolute Gasteiger partial charge is 0.508 e. The van der Waals surface area contributed by atoms with Crippen molar-refractivity contribution in [3.8, 4) is 5.75 Å². The maximum absolute atomic E-state index is 9.63. The van der Waals surface area contributed by atoms with Gasteiger partial charge < -0.3 is 15.5 Å². The van der Waals surface area contributed by atoms with E-state index in [1.54, 1.807) is 12.1 Å². The van der Waals surface area contributed by atoms with Crippen molar-refractivity contribution < 1.29 is 10.2 Å². The van der Waals surface area contributed by atoms with Gasteiger partial charge in [-0.05, 0) is 37.1 Å². The van der Waals surface area contributed by atoms with Crippen LogP contribution in [-0.4, -0.2) is 22.9 Å². The third kappa shape index (κ3) is 5.06. The predicted octanol–water partition coefficient (Wildman–Crippen LogP) is 2.65. The zero-order valence-electron chi connectivity index (χ0n) is 10.3. The lowest BCUT2D eigenvalue weighted by Crippen LogP contribution is -2.23. The summed E-state index contributed by atoms with van der Waals surface area (Å²) in [6.45, 7) is 5.36. The lowest BCUT2D eigenvalue weighted by Gasteiger charge is -2.14. The Morgan fingerprint density at radius 3 is 2.71 bits per heavy atom. The molecule has 1 aromatic rings. The van der Waals surface area contributed by atoms with Crippen molar-refractivity contribution in [2.24, 2.45) is 5.92 Å². The van der Waals surface area contributed by atoms with Gasteiger partial charge in [0.15, 0.2) is 0 Å². The van der Waals surface area contributed by atoms with E-state index in [9.17, 15) is 10.2 Å². The molecule has 0 fully saturated rings. The zero-order valence-corrected chi connectivity index (χ0v) is 11.9. The molecule has 0 radical (unpaired) electrons. The van der Waals surface area contributed by atoms with E-state index in [0.717, 1.165) is 23.0 Å². The molecule has 0 saturated carbocycles. The van der Waals surface area contributed by atoms with Gasteiger partial charge in [-0.1, -0.05) is 29.8 Å². The highest BCUT2D eigenvalue weighted by molar-refractivity contribution is 9.10. The van der Waals surface area contributed by atoms with Gasteiger partial charge in [-0.2, -0.15) is 0 Å². The topological polar surface area (TPSA) is 52.5 Å². The Bertz CT molecular complexity index is 355. The Balaban J connectivity index is 2.33. The van der Waals surface area contributed by atoms with E-state index in [-0.39, 0.29) is 12.0 Å². The molecule has 17 heavy (non-hydrogen) atoms. The van der Waals surface area contributed by atoms with Crippen LogP contribution in [0.1, 0.15) is 25.8 Å². The quantitative estimate of drug-likeness (QED) is 0.708. The summed E-state index contributed by atoms with van der Waals surface area (Å²) in [6, 6.07) is 5.37. The van der Waals surface area contributed by atoms with Crippen molar-refractivity contribution in [3.05, 3.63) is 28.2 Å². The van der Waals surface area contributed by atoms with E-state index in [2.05, 4.69) is 21.2 Å². The number of hydrogen-bond acceptors (Lipinski definition) is 3.